The van der Waals surface area contributed by atoms with E-state index in [1.807, 2.05) is 0 Å². The quantitative estimate of drug-likeness (QED) is 0.542. The van der Waals surface area contributed by atoms with Crippen LogP contribution >= 0.6 is 11.3 Å². The third kappa shape index (κ3) is 5.73. The van der Waals surface area contributed by atoms with Crippen molar-refractivity contribution in [2.24, 2.45) is 5.92 Å². The van der Waals surface area contributed by atoms with Crippen molar-refractivity contribution >= 4 is 38.1 Å². The van der Waals surface area contributed by atoms with Crippen LogP contribution in [-0.4, -0.2) is 37.3 Å². The highest BCUT2D eigenvalue weighted by atomic mass is 32.2. The second-order valence-electron chi connectivity index (χ2n) is 8.00. The first-order valence-corrected chi connectivity index (χ1v) is 12.9. The topological polar surface area (TPSA) is 91.4 Å². The zero-order valence-electron chi connectivity index (χ0n) is 17.8. The summed E-state index contributed by atoms with van der Waals surface area (Å²) in [7, 11) is -3.70. The smallest absolute Gasteiger partial charge is 0.263 e. The number of nitrogens with one attached hydrogen (secondary N) is 2. The highest BCUT2D eigenvalue weighted by Crippen LogP contribution is 2.23. The summed E-state index contributed by atoms with van der Waals surface area (Å²) in [6.07, 6.45) is 3.15. The molecule has 1 aromatic heterocycles. The Morgan fingerprint density at radius 3 is 2.56 bits per heavy atom. The Morgan fingerprint density at radius 1 is 1.16 bits per heavy atom. The van der Waals surface area contributed by atoms with Gasteiger partial charge in [-0.1, -0.05) is 29.8 Å². The summed E-state index contributed by atoms with van der Waals surface area (Å²) in [6.45, 7) is 4.76. The molecule has 9 heteroatoms. The van der Waals surface area contributed by atoms with Gasteiger partial charge in [-0.05, 0) is 62.7 Å². The fourth-order valence-electron chi connectivity index (χ4n) is 3.83. The molecule has 1 amide bonds. The molecule has 0 bridgehead atoms. The summed E-state index contributed by atoms with van der Waals surface area (Å²) < 4.78 is 27.3. The number of likely N-dealkylation sites (tertiary alicyclic amines) is 1. The molecule has 2 N–H and O–H groups in total. The first kappa shape index (κ1) is 22.4. The number of carbonyl (C=O) groups excluding carboxylic acids is 1. The van der Waals surface area contributed by atoms with Gasteiger partial charge in [-0.15, -0.1) is 11.3 Å². The molecule has 1 fully saturated rings. The van der Waals surface area contributed by atoms with Crippen LogP contribution in [0.1, 0.15) is 24.0 Å². The zero-order chi connectivity index (χ0) is 22.6. The summed E-state index contributed by atoms with van der Waals surface area (Å²) in [5.41, 5.74) is 3.15. The van der Waals surface area contributed by atoms with Gasteiger partial charge >= 0.3 is 0 Å². The molecule has 0 saturated carbocycles. The van der Waals surface area contributed by atoms with Gasteiger partial charge in [0.25, 0.3) is 10.0 Å². The maximum atomic E-state index is 12.7. The molecule has 1 saturated heterocycles. The van der Waals surface area contributed by atoms with Crippen LogP contribution in [0.15, 0.2) is 65.0 Å². The number of hydrogen-bond donors (Lipinski definition) is 2. The lowest BCUT2D eigenvalue weighted by atomic mass is 9.95. The first-order valence-electron chi connectivity index (χ1n) is 10.5. The Hall–Kier alpha value is -2.75. The Balaban J connectivity index is 1.29. The van der Waals surface area contributed by atoms with Crippen molar-refractivity contribution in [3.05, 3.63) is 71.2 Å². The lowest BCUT2D eigenvalue weighted by Gasteiger charge is -2.31. The van der Waals surface area contributed by atoms with Crippen molar-refractivity contribution < 1.29 is 13.2 Å². The Labute approximate surface area is 192 Å². The molecule has 0 unspecified atom stereocenters. The average Bonchev–Trinajstić information content (AvgIpc) is 3.27. The minimum atomic E-state index is -3.70. The minimum absolute atomic E-state index is 0.0169. The van der Waals surface area contributed by atoms with Crippen molar-refractivity contribution in [1.82, 2.24) is 9.88 Å². The zero-order valence-corrected chi connectivity index (χ0v) is 19.5. The van der Waals surface area contributed by atoms with Crippen LogP contribution in [0.4, 0.5) is 10.8 Å². The molecule has 0 radical (unpaired) electrons. The Kier molecular flexibility index (Phi) is 6.88. The number of rotatable bonds is 7. The van der Waals surface area contributed by atoms with E-state index >= 15 is 0 Å². The van der Waals surface area contributed by atoms with Gasteiger partial charge in [0.15, 0.2) is 5.13 Å². The van der Waals surface area contributed by atoms with E-state index in [1.54, 1.807) is 17.5 Å². The fraction of sp³-hybridized carbons (Fsp3) is 0.304. The fourth-order valence-corrected chi connectivity index (χ4v) is 5.62. The molecule has 3 aromatic rings. The third-order valence-electron chi connectivity index (χ3n) is 5.53. The molecule has 0 spiro atoms. The van der Waals surface area contributed by atoms with Crippen LogP contribution in [0.5, 0.6) is 0 Å². The Morgan fingerprint density at radius 2 is 1.91 bits per heavy atom. The van der Waals surface area contributed by atoms with Crippen molar-refractivity contribution in [3.63, 3.8) is 0 Å². The van der Waals surface area contributed by atoms with E-state index < -0.39 is 10.0 Å². The molecule has 1 aliphatic rings. The highest BCUT2D eigenvalue weighted by Gasteiger charge is 2.25. The van der Waals surface area contributed by atoms with Gasteiger partial charge in [-0.2, -0.15) is 0 Å². The molecule has 2 heterocycles. The molecular weight excluding hydrogens is 444 g/mol. The summed E-state index contributed by atoms with van der Waals surface area (Å²) >= 11 is 1.21. The van der Waals surface area contributed by atoms with Crippen LogP contribution in [0.2, 0.25) is 0 Å². The van der Waals surface area contributed by atoms with Crippen LogP contribution in [-0.2, 0) is 21.4 Å². The van der Waals surface area contributed by atoms with E-state index in [0.717, 1.165) is 32.5 Å². The number of benzene rings is 2. The molecule has 168 valence electrons. The van der Waals surface area contributed by atoms with E-state index in [2.05, 4.69) is 51.1 Å². The number of nitrogens with zero attached hydrogens (tertiary/aromatic N) is 2. The number of sulfonamides is 1. The number of aromatic nitrogens is 1. The predicted molar refractivity (Wildman–Crippen MR) is 127 cm³/mol. The predicted octanol–water partition coefficient (Wildman–Crippen LogP) is 4.10. The number of aryl methyl sites for hydroxylation is 1. The Bertz CT molecular complexity index is 1150. The average molecular weight is 471 g/mol. The van der Waals surface area contributed by atoms with Crippen molar-refractivity contribution in [1.29, 1.82) is 0 Å². The molecule has 2 aromatic carbocycles. The maximum Gasteiger partial charge on any atom is 0.263 e. The number of amides is 1. The lowest BCUT2D eigenvalue weighted by molar-refractivity contribution is -0.121. The summed E-state index contributed by atoms with van der Waals surface area (Å²) in [5.74, 6) is -0.0598. The van der Waals surface area contributed by atoms with Gasteiger partial charge < -0.3 is 5.32 Å². The molecule has 0 aliphatic carbocycles. The van der Waals surface area contributed by atoms with Crippen molar-refractivity contribution in [3.8, 4) is 0 Å². The standard InChI is InChI=1S/C23H26N4O3S2/c1-17-3-2-4-18(15-17)16-27-12-9-19(10-13-27)22(28)25-20-5-7-21(8-6-20)32(29,30)26-23-24-11-14-31-23/h2-8,11,14-15,19H,9-10,12-13,16H2,1H3,(H,24,26)(H,25,28). The first-order chi connectivity index (χ1) is 15.4. The van der Waals surface area contributed by atoms with Crippen LogP contribution in [0.3, 0.4) is 0 Å². The number of anilines is 2. The van der Waals surface area contributed by atoms with Gasteiger partial charge in [0, 0.05) is 29.7 Å². The van der Waals surface area contributed by atoms with Gasteiger partial charge in [-0.3, -0.25) is 14.4 Å². The highest BCUT2D eigenvalue weighted by molar-refractivity contribution is 7.93. The monoisotopic (exact) mass is 470 g/mol. The summed E-state index contributed by atoms with van der Waals surface area (Å²) in [6, 6.07) is 14.7. The summed E-state index contributed by atoms with van der Waals surface area (Å²) in [5, 5.41) is 4.94. The van der Waals surface area contributed by atoms with E-state index in [9.17, 15) is 13.2 Å². The van der Waals surface area contributed by atoms with E-state index in [1.165, 1.54) is 40.8 Å². The SMILES string of the molecule is Cc1cccc(CN2CCC(C(=O)Nc3ccc(S(=O)(=O)Nc4nccs4)cc3)CC2)c1. The third-order valence-corrected chi connectivity index (χ3v) is 7.71. The lowest BCUT2D eigenvalue weighted by Crippen LogP contribution is -2.37. The van der Waals surface area contributed by atoms with E-state index in [4.69, 9.17) is 0 Å². The molecular formula is C23H26N4O3S2. The second kappa shape index (κ2) is 9.81. The molecule has 4 rings (SSSR count). The van der Waals surface area contributed by atoms with Gasteiger partial charge in [0.1, 0.15) is 0 Å². The molecule has 32 heavy (non-hydrogen) atoms. The molecule has 1 aliphatic heterocycles. The normalized spacial score (nSPS) is 15.4. The number of piperidine rings is 1. The van der Waals surface area contributed by atoms with Crippen molar-refractivity contribution in [2.45, 2.75) is 31.2 Å². The van der Waals surface area contributed by atoms with Gasteiger partial charge in [-0.25, -0.2) is 13.4 Å². The van der Waals surface area contributed by atoms with Crippen molar-refractivity contribution in [2.75, 3.05) is 23.1 Å². The van der Waals surface area contributed by atoms with Crippen LogP contribution in [0, 0.1) is 12.8 Å². The number of thiazole rings is 1. The molecule has 0 atom stereocenters. The number of carbonyl (C=O) groups is 1. The van der Waals surface area contributed by atoms with Crippen LogP contribution < -0.4 is 10.0 Å². The summed E-state index contributed by atoms with van der Waals surface area (Å²) in [4.78, 5) is 19.1. The second-order valence-corrected chi connectivity index (χ2v) is 10.6. The molecule has 7 nitrogen and oxygen atoms in total. The van der Waals surface area contributed by atoms with Gasteiger partial charge in [0.05, 0.1) is 4.90 Å². The van der Waals surface area contributed by atoms with E-state index in [-0.39, 0.29) is 16.7 Å². The largest absolute Gasteiger partial charge is 0.326 e. The minimum Gasteiger partial charge on any atom is -0.326 e. The van der Waals surface area contributed by atoms with Gasteiger partial charge in [0.2, 0.25) is 5.91 Å². The number of hydrogen-bond acceptors (Lipinski definition) is 6. The van der Waals surface area contributed by atoms with E-state index in [0.29, 0.717) is 10.8 Å². The van der Waals surface area contributed by atoms with Crippen LogP contribution in [0.25, 0.3) is 0 Å². The maximum absolute atomic E-state index is 12.7.